The van der Waals surface area contributed by atoms with Gasteiger partial charge in [0.2, 0.25) is 0 Å². The molecule has 178 valence electrons. The number of allylic oxidation sites excluding steroid dienone is 5. The Balaban J connectivity index is 1.52. The highest BCUT2D eigenvalue weighted by molar-refractivity contribution is 7.91. The molecular formula is C25H30N6O2S. The number of pyridine rings is 1. The molecule has 0 saturated carbocycles. The molecule has 9 heteroatoms. The molecular weight excluding hydrogens is 448 g/mol. The van der Waals surface area contributed by atoms with Gasteiger partial charge in [0.25, 0.3) is 0 Å². The Morgan fingerprint density at radius 3 is 2.71 bits per heavy atom. The normalized spacial score (nSPS) is 24.4. The standard InChI is InChI=1S/C25H30N6O2S/c1-27-14-21-24(18-9-11-34(32,33)12-10-18)30-23-16-31(25(21)26)29-15-20(23)19-7-8-22(28-13-19)17-5-3-2-4-6-17/h2-5,7-8,13,15,17-18,27H,6,9-12,14,16,26H2,1H3. The van der Waals surface area contributed by atoms with E-state index in [2.05, 4.69) is 46.9 Å². The first kappa shape index (κ1) is 22.7. The minimum Gasteiger partial charge on any atom is -0.384 e. The van der Waals surface area contributed by atoms with Crippen LogP contribution in [0, 0.1) is 5.92 Å². The van der Waals surface area contributed by atoms with Gasteiger partial charge in [-0.1, -0.05) is 30.4 Å². The number of nitrogens with zero attached hydrogens (tertiary/aromatic N) is 4. The Morgan fingerprint density at radius 1 is 1.21 bits per heavy atom. The minimum atomic E-state index is -2.97. The molecule has 0 aromatic carbocycles. The zero-order valence-electron chi connectivity index (χ0n) is 19.3. The summed E-state index contributed by atoms with van der Waals surface area (Å²) in [7, 11) is -1.10. The smallest absolute Gasteiger partial charge is 0.150 e. The van der Waals surface area contributed by atoms with E-state index in [1.807, 2.05) is 13.2 Å². The van der Waals surface area contributed by atoms with Gasteiger partial charge in [-0.25, -0.2) is 13.4 Å². The lowest BCUT2D eigenvalue weighted by molar-refractivity contribution is 0.387. The monoisotopic (exact) mass is 478 g/mol. The average molecular weight is 479 g/mol. The van der Waals surface area contributed by atoms with Crippen LogP contribution in [0.3, 0.4) is 0 Å². The number of sulfone groups is 1. The van der Waals surface area contributed by atoms with Gasteiger partial charge in [-0.3, -0.25) is 9.98 Å². The van der Waals surface area contributed by atoms with E-state index in [-0.39, 0.29) is 17.4 Å². The van der Waals surface area contributed by atoms with Crippen LogP contribution >= 0.6 is 0 Å². The van der Waals surface area contributed by atoms with Crippen molar-refractivity contribution < 1.29 is 8.42 Å². The lowest BCUT2D eigenvalue weighted by Crippen LogP contribution is -2.34. The highest BCUT2D eigenvalue weighted by Crippen LogP contribution is 2.32. The van der Waals surface area contributed by atoms with E-state index in [4.69, 9.17) is 15.7 Å². The number of likely N-dealkylation sites (N-methyl/N-ethyl adjacent to an activating group) is 1. The number of rotatable bonds is 5. The first-order valence-electron chi connectivity index (χ1n) is 11.7. The second-order valence-electron chi connectivity index (χ2n) is 9.11. The molecule has 0 amide bonds. The molecule has 8 nitrogen and oxygen atoms in total. The fourth-order valence-corrected chi connectivity index (χ4v) is 6.39. The van der Waals surface area contributed by atoms with Crippen LogP contribution in [0.5, 0.6) is 0 Å². The second kappa shape index (κ2) is 9.31. The summed E-state index contributed by atoms with van der Waals surface area (Å²) in [5, 5.41) is 9.59. The van der Waals surface area contributed by atoms with Gasteiger partial charge in [-0.15, -0.1) is 0 Å². The summed E-state index contributed by atoms with van der Waals surface area (Å²) in [6.45, 7) is 1.01. The van der Waals surface area contributed by atoms with E-state index in [1.165, 1.54) is 0 Å². The Kier molecular flexibility index (Phi) is 6.22. The summed E-state index contributed by atoms with van der Waals surface area (Å²) < 4.78 is 24.1. The summed E-state index contributed by atoms with van der Waals surface area (Å²) >= 11 is 0. The summed E-state index contributed by atoms with van der Waals surface area (Å²) in [6, 6.07) is 4.15. The molecule has 0 radical (unpaired) electrons. The van der Waals surface area contributed by atoms with E-state index < -0.39 is 9.84 Å². The molecule has 1 aliphatic carbocycles. The van der Waals surface area contributed by atoms with E-state index >= 15 is 0 Å². The third kappa shape index (κ3) is 4.50. The van der Waals surface area contributed by atoms with Crippen LogP contribution in [0.4, 0.5) is 0 Å². The summed E-state index contributed by atoms with van der Waals surface area (Å²) in [4.78, 5) is 9.87. The molecule has 1 unspecified atom stereocenters. The zero-order valence-corrected chi connectivity index (χ0v) is 20.1. The molecule has 1 aromatic rings. The van der Waals surface area contributed by atoms with Crippen LogP contribution in [0.1, 0.15) is 36.4 Å². The van der Waals surface area contributed by atoms with Crippen molar-refractivity contribution in [3.05, 3.63) is 71.0 Å². The number of aliphatic imine (C=N–C) groups is 1. The molecule has 4 aliphatic rings. The molecule has 0 spiro atoms. The minimum absolute atomic E-state index is 0.0476. The van der Waals surface area contributed by atoms with Crippen molar-refractivity contribution in [3.63, 3.8) is 0 Å². The van der Waals surface area contributed by atoms with E-state index in [9.17, 15) is 8.42 Å². The Labute approximate surface area is 200 Å². The first-order chi connectivity index (χ1) is 16.4. The number of hydrogen-bond acceptors (Lipinski definition) is 8. The summed E-state index contributed by atoms with van der Waals surface area (Å²) in [6.07, 6.45) is 14.2. The molecule has 4 heterocycles. The second-order valence-corrected chi connectivity index (χ2v) is 11.4. The van der Waals surface area contributed by atoms with Crippen molar-refractivity contribution in [2.24, 2.45) is 21.7 Å². The predicted octanol–water partition coefficient (Wildman–Crippen LogP) is 2.36. The molecule has 1 aromatic heterocycles. The molecule has 1 atom stereocenters. The van der Waals surface area contributed by atoms with Crippen LogP contribution in [0.25, 0.3) is 5.57 Å². The lowest BCUT2D eigenvalue weighted by atomic mass is 9.91. The molecule has 1 saturated heterocycles. The third-order valence-electron chi connectivity index (χ3n) is 6.84. The van der Waals surface area contributed by atoms with Gasteiger partial charge >= 0.3 is 0 Å². The van der Waals surface area contributed by atoms with E-state index in [0.717, 1.165) is 40.2 Å². The van der Waals surface area contributed by atoms with Crippen molar-refractivity contribution in [1.29, 1.82) is 0 Å². The van der Waals surface area contributed by atoms with Crippen molar-refractivity contribution in [3.8, 4) is 0 Å². The Morgan fingerprint density at radius 2 is 2.03 bits per heavy atom. The van der Waals surface area contributed by atoms with Gasteiger partial charge in [0.05, 0.1) is 35.7 Å². The van der Waals surface area contributed by atoms with Crippen LogP contribution in [-0.2, 0) is 9.84 Å². The van der Waals surface area contributed by atoms with E-state index in [1.54, 1.807) is 11.2 Å². The van der Waals surface area contributed by atoms with Gasteiger partial charge in [0, 0.05) is 47.0 Å². The largest absolute Gasteiger partial charge is 0.384 e. The average Bonchev–Trinajstić information content (AvgIpc) is 2.96. The summed E-state index contributed by atoms with van der Waals surface area (Å²) in [5.41, 5.74) is 12.1. The highest BCUT2D eigenvalue weighted by Gasteiger charge is 2.33. The van der Waals surface area contributed by atoms with Gasteiger partial charge < -0.3 is 11.1 Å². The fourth-order valence-electron chi connectivity index (χ4n) is 4.90. The number of hydrogen-bond donors (Lipinski definition) is 2. The Hall–Kier alpha value is -3.04. The maximum atomic E-state index is 12.0. The lowest BCUT2D eigenvalue weighted by Gasteiger charge is -2.26. The molecule has 2 bridgehead atoms. The first-order valence-corrected chi connectivity index (χ1v) is 13.5. The topological polar surface area (TPSA) is 113 Å². The maximum absolute atomic E-state index is 12.0. The van der Waals surface area contributed by atoms with Gasteiger partial charge in [0.15, 0.2) is 0 Å². The van der Waals surface area contributed by atoms with Crippen molar-refractivity contribution in [1.82, 2.24) is 15.3 Å². The quantitative estimate of drug-likeness (QED) is 0.672. The maximum Gasteiger partial charge on any atom is 0.150 e. The number of nitrogens with one attached hydrogen (secondary N) is 1. The van der Waals surface area contributed by atoms with Gasteiger partial charge in [0.1, 0.15) is 15.7 Å². The molecule has 1 fully saturated rings. The van der Waals surface area contributed by atoms with Crippen molar-refractivity contribution >= 4 is 27.3 Å². The summed E-state index contributed by atoms with van der Waals surface area (Å²) in [5.74, 6) is 1.28. The number of fused-ring (bicyclic) bond motifs is 2. The van der Waals surface area contributed by atoms with Crippen LogP contribution in [0.15, 0.2) is 69.8 Å². The van der Waals surface area contributed by atoms with Crippen LogP contribution in [-0.4, -0.2) is 62.0 Å². The number of nitrogens with two attached hydrogens (primary N) is 1. The Bertz CT molecular complexity index is 1240. The fraction of sp³-hybridized carbons (Fsp3) is 0.400. The predicted molar refractivity (Wildman–Crippen MR) is 136 cm³/mol. The molecule has 3 aliphatic heterocycles. The number of hydrazone groups is 1. The molecule has 34 heavy (non-hydrogen) atoms. The molecule has 5 rings (SSSR count). The SMILES string of the molecule is CNCC1=C(N)N2CC(=C(c3ccc(C4C=CC=CC4)nc3)C=N2)N=C1C1CCS(=O)(=O)CC1. The highest BCUT2D eigenvalue weighted by atomic mass is 32.2. The van der Waals surface area contributed by atoms with Crippen molar-refractivity contribution in [2.75, 3.05) is 31.6 Å². The number of aromatic nitrogens is 1. The third-order valence-corrected chi connectivity index (χ3v) is 8.56. The van der Waals surface area contributed by atoms with Crippen molar-refractivity contribution in [2.45, 2.75) is 25.2 Å². The van der Waals surface area contributed by atoms with Gasteiger partial charge in [-0.05, 0) is 32.4 Å². The van der Waals surface area contributed by atoms with Gasteiger partial charge in [-0.2, -0.15) is 5.10 Å². The van der Waals surface area contributed by atoms with E-state index in [0.29, 0.717) is 37.7 Å². The van der Waals surface area contributed by atoms with Crippen LogP contribution < -0.4 is 11.1 Å². The molecule has 3 N–H and O–H groups in total. The zero-order chi connectivity index (χ0) is 23.7. The van der Waals surface area contributed by atoms with Crippen LogP contribution in [0.2, 0.25) is 0 Å².